The van der Waals surface area contributed by atoms with E-state index < -0.39 is 23.6 Å². The fourth-order valence-electron chi connectivity index (χ4n) is 1.06. The van der Waals surface area contributed by atoms with Crippen LogP contribution in [0, 0.1) is 0 Å². The molecule has 0 amide bonds. The summed E-state index contributed by atoms with van der Waals surface area (Å²) < 4.78 is 74.4. The molecule has 1 aromatic heterocycles. The van der Waals surface area contributed by atoms with Gasteiger partial charge in [-0.05, 0) is 6.07 Å². The van der Waals surface area contributed by atoms with Crippen molar-refractivity contribution in [1.82, 2.24) is 9.78 Å². The van der Waals surface area contributed by atoms with Crippen molar-refractivity contribution in [3.05, 3.63) is 18.0 Å². The lowest BCUT2D eigenvalue weighted by Gasteiger charge is -2.30. The average Bonchev–Trinajstić information content (AvgIpc) is 2.46. The maximum atomic E-state index is 12.3. The molecule has 1 heterocycles. The first-order valence-electron chi connectivity index (χ1n) is 3.86. The molecule has 0 radical (unpaired) electrons. The molecule has 0 saturated carbocycles. The van der Waals surface area contributed by atoms with Crippen LogP contribution in [0.4, 0.5) is 26.3 Å². The molecular formula is C7H6F6N2O. The molecule has 0 atom stereocenters. The molecule has 1 aromatic rings. The van der Waals surface area contributed by atoms with E-state index in [4.69, 9.17) is 5.11 Å². The largest absolute Gasteiger partial charge is 0.432 e. The van der Waals surface area contributed by atoms with Crippen LogP contribution in [-0.4, -0.2) is 27.2 Å². The first kappa shape index (κ1) is 12.8. The van der Waals surface area contributed by atoms with E-state index in [1.807, 2.05) is 0 Å². The summed E-state index contributed by atoms with van der Waals surface area (Å²) in [6, 6.07) is 0.459. The summed E-state index contributed by atoms with van der Waals surface area (Å²) in [6.07, 6.45) is -10.9. The van der Waals surface area contributed by atoms with E-state index in [0.29, 0.717) is 6.07 Å². The van der Waals surface area contributed by atoms with Gasteiger partial charge >= 0.3 is 18.0 Å². The number of hydrogen-bond acceptors (Lipinski definition) is 2. The van der Waals surface area contributed by atoms with Crippen LogP contribution >= 0.6 is 0 Å². The second kappa shape index (κ2) is 3.37. The lowest BCUT2D eigenvalue weighted by atomic mass is 9.98. The Morgan fingerprint density at radius 3 is 1.81 bits per heavy atom. The summed E-state index contributed by atoms with van der Waals surface area (Å²) in [6.45, 7) is 0. The molecule has 1 N–H and O–H groups in total. The molecule has 0 aliphatic rings. The quantitative estimate of drug-likeness (QED) is 0.768. The van der Waals surface area contributed by atoms with E-state index in [-0.39, 0.29) is 0 Å². The number of hydrogen-bond donors (Lipinski definition) is 1. The Balaban J connectivity index is 3.38. The van der Waals surface area contributed by atoms with Gasteiger partial charge < -0.3 is 5.11 Å². The molecule has 3 nitrogen and oxygen atoms in total. The van der Waals surface area contributed by atoms with Crippen LogP contribution in [0.25, 0.3) is 0 Å². The standard InChI is InChI=1S/C7H6F6N2O/c1-15-3-2-4(14-15)5(16,6(8,9)10)7(11,12)13/h2-3,16H,1H3. The lowest BCUT2D eigenvalue weighted by molar-refractivity contribution is -0.377. The summed E-state index contributed by atoms with van der Waals surface area (Å²) in [5, 5.41) is 11.8. The molecule has 9 heteroatoms. The number of aliphatic hydroxyl groups is 1. The van der Waals surface area contributed by atoms with Crippen molar-refractivity contribution < 1.29 is 31.4 Å². The van der Waals surface area contributed by atoms with Gasteiger partial charge in [0.25, 0.3) is 0 Å². The normalized spacial score (nSPS) is 14.2. The number of aromatic nitrogens is 2. The van der Waals surface area contributed by atoms with Crippen LogP contribution < -0.4 is 0 Å². The molecule has 0 fully saturated rings. The van der Waals surface area contributed by atoms with Gasteiger partial charge in [0, 0.05) is 13.2 Å². The van der Waals surface area contributed by atoms with E-state index in [9.17, 15) is 26.3 Å². The van der Waals surface area contributed by atoms with Crippen LogP contribution in [-0.2, 0) is 12.6 Å². The Morgan fingerprint density at radius 1 is 1.12 bits per heavy atom. The molecule has 0 bridgehead atoms. The minimum absolute atomic E-state index is 0.459. The van der Waals surface area contributed by atoms with Crippen molar-refractivity contribution in [2.75, 3.05) is 0 Å². The second-order valence-electron chi connectivity index (χ2n) is 3.08. The summed E-state index contributed by atoms with van der Waals surface area (Å²) in [7, 11) is 1.14. The van der Waals surface area contributed by atoms with Crippen molar-refractivity contribution in [3.63, 3.8) is 0 Å². The highest BCUT2D eigenvalue weighted by Crippen LogP contribution is 2.49. The van der Waals surface area contributed by atoms with E-state index in [1.54, 1.807) is 0 Å². The van der Waals surface area contributed by atoms with Gasteiger partial charge in [-0.15, -0.1) is 0 Å². The summed E-state index contributed by atoms with van der Waals surface area (Å²) in [5.74, 6) is 0. The monoisotopic (exact) mass is 248 g/mol. The predicted octanol–water partition coefficient (Wildman–Crippen LogP) is 1.73. The van der Waals surface area contributed by atoms with Crippen molar-refractivity contribution in [1.29, 1.82) is 0 Å². The van der Waals surface area contributed by atoms with Crippen molar-refractivity contribution in [2.24, 2.45) is 7.05 Å². The zero-order valence-corrected chi connectivity index (χ0v) is 7.76. The van der Waals surface area contributed by atoms with Crippen LogP contribution in [0.1, 0.15) is 5.69 Å². The number of alkyl halides is 6. The lowest BCUT2D eigenvalue weighted by Crippen LogP contribution is -2.54. The van der Waals surface area contributed by atoms with E-state index >= 15 is 0 Å². The van der Waals surface area contributed by atoms with Crippen LogP contribution in [0.3, 0.4) is 0 Å². The fraction of sp³-hybridized carbons (Fsp3) is 0.571. The molecule has 0 aromatic carbocycles. The third kappa shape index (κ3) is 1.75. The molecule has 0 spiro atoms. The molecule has 92 valence electrons. The van der Waals surface area contributed by atoms with Gasteiger partial charge in [0.2, 0.25) is 0 Å². The smallest absolute Gasteiger partial charge is 0.368 e. The summed E-state index contributed by atoms with van der Waals surface area (Å²) >= 11 is 0. The van der Waals surface area contributed by atoms with E-state index in [2.05, 4.69) is 5.10 Å². The van der Waals surface area contributed by atoms with Gasteiger partial charge in [-0.3, -0.25) is 4.68 Å². The van der Waals surface area contributed by atoms with Crippen LogP contribution in [0.2, 0.25) is 0 Å². The van der Waals surface area contributed by atoms with E-state index in [1.165, 1.54) is 0 Å². The SMILES string of the molecule is Cn1ccc(C(O)(C(F)(F)F)C(F)(F)F)n1. The van der Waals surface area contributed by atoms with Gasteiger partial charge in [0.05, 0.1) is 0 Å². The summed E-state index contributed by atoms with van der Waals surface area (Å²) in [4.78, 5) is 0. The number of aryl methyl sites for hydroxylation is 1. The molecule has 1 rings (SSSR count). The minimum atomic E-state index is -5.89. The van der Waals surface area contributed by atoms with Crippen molar-refractivity contribution in [2.45, 2.75) is 18.0 Å². The number of halogens is 6. The zero-order valence-electron chi connectivity index (χ0n) is 7.76. The minimum Gasteiger partial charge on any atom is -0.368 e. The van der Waals surface area contributed by atoms with Gasteiger partial charge in [-0.1, -0.05) is 0 Å². The highest BCUT2D eigenvalue weighted by molar-refractivity contribution is 5.16. The van der Waals surface area contributed by atoms with Gasteiger partial charge in [-0.2, -0.15) is 31.4 Å². The van der Waals surface area contributed by atoms with Crippen LogP contribution in [0.15, 0.2) is 12.3 Å². The Bertz CT molecular complexity index is 365. The highest BCUT2D eigenvalue weighted by Gasteiger charge is 2.72. The van der Waals surface area contributed by atoms with E-state index in [0.717, 1.165) is 17.9 Å². The maximum absolute atomic E-state index is 12.3. The molecule has 16 heavy (non-hydrogen) atoms. The molecule has 0 saturated heterocycles. The Kier molecular flexibility index (Phi) is 2.70. The van der Waals surface area contributed by atoms with Crippen molar-refractivity contribution >= 4 is 0 Å². The maximum Gasteiger partial charge on any atom is 0.432 e. The topological polar surface area (TPSA) is 38.0 Å². The first-order valence-corrected chi connectivity index (χ1v) is 3.86. The summed E-state index contributed by atoms with van der Waals surface area (Å²) in [5.41, 5.74) is -6.45. The Hall–Kier alpha value is -1.25. The number of rotatable bonds is 1. The molecule has 0 aliphatic carbocycles. The van der Waals surface area contributed by atoms with Crippen molar-refractivity contribution in [3.8, 4) is 0 Å². The first-order chi connectivity index (χ1) is 7.00. The molecule has 0 aliphatic heterocycles. The van der Waals surface area contributed by atoms with Gasteiger partial charge in [0.15, 0.2) is 0 Å². The highest BCUT2D eigenvalue weighted by atomic mass is 19.4. The molecular weight excluding hydrogens is 242 g/mol. The third-order valence-corrected chi connectivity index (χ3v) is 1.90. The number of nitrogens with zero attached hydrogens (tertiary/aromatic N) is 2. The predicted molar refractivity (Wildman–Crippen MR) is 39.2 cm³/mol. The Morgan fingerprint density at radius 2 is 1.56 bits per heavy atom. The third-order valence-electron chi connectivity index (χ3n) is 1.90. The van der Waals surface area contributed by atoms with Crippen LogP contribution in [0.5, 0.6) is 0 Å². The second-order valence-corrected chi connectivity index (χ2v) is 3.08. The Labute approximate surface area is 85.3 Å². The fourth-order valence-corrected chi connectivity index (χ4v) is 1.06. The average molecular weight is 248 g/mol. The zero-order chi connectivity index (χ0) is 12.8. The molecule has 0 unspecified atom stereocenters. The van der Waals surface area contributed by atoms with Gasteiger partial charge in [0.1, 0.15) is 5.69 Å². The van der Waals surface area contributed by atoms with Gasteiger partial charge in [-0.25, -0.2) is 0 Å².